The van der Waals surface area contributed by atoms with Gasteiger partial charge in [0.15, 0.2) is 0 Å². The van der Waals surface area contributed by atoms with Crippen molar-refractivity contribution in [3.05, 3.63) is 59.7 Å². The molecule has 0 saturated heterocycles. The predicted octanol–water partition coefficient (Wildman–Crippen LogP) is 3.58. The summed E-state index contributed by atoms with van der Waals surface area (Å²) in [6, 6.07) is 9.89. The van der Waals surface area contributed by atoms with Crippen molar-refractivity contribution in [1.29, 1.82) is 5.41 Å². The van der Waals surface area contributed by atoms with Crippen molar-refractivity contribution in [3.63, 3.8) is 0 Å². The Morgan fingerprint density at radius 2 is 2.00 bits per heavy atom. The van der Waals surface area contributed by atoms with Gasteiger partial charge in [-0.25, -0.2) is 0 Å². The van der Waals surface area contributed by atoms with E-state index in [0.29, 0.717) is 11.6 Å². The maximum Gasteiger partial charge on any atom is 0.0681 e. The molecular weight excluding hydrogens is 182 g/mol. The van der Waals surface area contributed by atoms with Crippen LogP contribution in [0, 0.1) is 11.3 Å². The molecule has 1 N–H and O–H groups in total. The second-order valence-corrected chi connectivity index (χ2v) is 3.98. The number of allylic oxidation sites excluding steroid dienone is 4. The Morgan fingerprint density at radius 1 is 1.27 bits per heavy atom. The van der Waals surface area contributed by atoms with Crippen LogP contribution in [0.15, 0.2) is 54.1 Å². The van der Waals surface area contributed by atoms with Gasteiger partial charge >= 0.3 is 0 Å². The van der Waals surface area contributed by atoms with Crippen molar-refractivity contribution in [3.8, 4) is 0 Å². The van der Waals surface area contributed by atoms with Gasteiger partial charge in [0.25, 0.3) is 0 Å². The molecule has 0 aromatic heterocycles. The van der Waals surface area contributed by atoms with Gasteiger partial charge in [0, 0.05) is 0 Å². The number of hydrogen-bond acceptors (Lipinski definition) is 1. The fraction of sp³-hybridized carbons (Fsp3) is 0.214. The minimum atomic E-state index is 0.550. The van der Waals surface area contributed by atoms with E-state index >= 15 is 0 Å². The Balaban J connectivity index is 2.26. The third kappa shape index (κ3) is 2.24. The van der Waals surface area contributed by atoms with Gasteiger partial charge in [-0.15, -0.1) is 0 Å². The maximum atomic E-state index is 8.09. The van der Waals surface area contributed by atoms with Crippen LogP contribution in [-0.4, -0.2) is 5.71 Å². The number of nitrogens with one attached hydrogen (secondary N) is 1. The Hall–Kier alpha value is -1.63. The summed E-state index contributed by atoms with van der Waals surface area (Å²) in [5.74, 6) is 0.550. The van der Waals surface area contributed by atoms with Crippen molar-refractivity contribution < 1.29 is 0 Å². The molecule has 1 aliphatic rings. The fourth-order valence-corrected chi connectivity index (χ4v) is 1.78. The van der Waals surface area contributed by atoms with Gasteiger partial charge in [0.1, 0.15) is 0 Å². The second-order valence-electron chi connectivity index (χ2n) is 3.98. The van der Waals surface area contributed by atoms with Crippen LogP contribution in [0.4, 0.5) is 0 Å². The van der Waals surface area contributed by atoms with Gasteiger partial charge in [-0.1, -0.05) is 55.5 Å². The number of hydrogen-bond donors (Lipinski definition) is 1. The molecule has 1 aliphatic carbocycles. The first-order chi connectivity index (χ1) is 7.27. The lowest BCUT2D eigenvalue weighted by Gasteiger charge is -2.13. The lowest BCUT2D eigenvalue weighted by molar-refractivity contribution is 0.733. The first-order valence-electron chi connectivity index (χ1n) is 5.30. The largest absolute Gasteiger partial charge is 0.300 e. The summed E-state index contributed by atoms with van der Waals surface area (Å²) in [6.45, 7) is 2.18. The molecule has 2 rings (SSSR count). The highest BCUT2D eigenvalue weighted by atomic mass is 14.4. The van der Waals surface area contributed by atoms with E-state index in [1.807, 2.05) is 30.3 Å². The van der Waals surface area contributed by atoms with E-state index in [0.717, 1.165) is 17.6 Å². The summed E-state index contributed by atoms with van der Waals surface area (Å²) < 4.78 is 0. The van der Waals surface area contributed by atoms with Crippen LogP contribution in [0.3, 0.4) is 0 Å². The second kappa shape index (κ2) is 4.26. The Bertz CT molecular complexity index is 412. The van der Waals surface area contributed by atoms with E-state index in [1.54, 1.807) is 0 Å². The smallest absolute Gasteiger partial charge is 0.0681 e. The highest BCUT2D eigenvalue weighted by molar-refractivity contribution is 6.12. The quantitative estimate of drug-likeness (QED) is 0.701. The molecule has 0 amide bonds. The molecule has 15 heavy (non-hydrogen) atoms. The molecular formula is C14H15N. The third-order valence-electron chi connectivity index (χ3n) is 2.62. The highest BCUT2D eigenvalue weighted by Gasteiger charge is 2.09. The lowest BCUT2D eigenvalue weighted by atomic mass is 9.93. The van der Waals surface area contributed by atoms with Crippen molar-refractivity contribution in [2.75, 3.05) is 0 Å². The molecule has 0 radical (unpaired) electrons. The summed E-state index contributed by atoms with van der Waals surface area (Å²) in [5, 5.41) is 8.09. The topological polar surface area (TPSA) is 23.9 Å². The SMILES string of the molecule is CC1C=C(C(=N)c2ccccc2)C=CC1. The average molecular weight is 197 g/mol. The van der Waals surface area contributed by atoms with E-state index in [4.69, 9.17) is 5.41 Å². The molecule has 1 heteroatoms. The minimum absolute atomic E-state index is 0.550. The summed E-state index contributed by atoms with van der Waals surface area (Å²) in [5.41, 5.74) is 2.65. The van der Waals surface area contributed by atoms with Crippen LogP contribution in [-0.2, 0) is 0 Å². The molecule has 1 aromatic carbocycles. The van der Waals surface area contributed by atoms with E-state index in [2.05, 4.69) is 25.2 Å². The molecule has 0 aliphatic heterocycles. The summed E-state index contributed by atoms with van der Waals surface area (Å²) in [6.07, 6.45) is 7.47. The van der Waals surface area contributed by atoms with Crippen LogP contribution in [0.2, 0.25) is 0 Å². The van der Waals surface area contributed by atoms with Crippen LogP contribution < -0.4 is 0 Å². The van der Waals surface area contributed by atoms with Gasteiger partial charge in [-0.3, -0.25) is 5.41 Å². The first kappa shape index (κ1) is 9.91. The molecule has 1 unspecified atom stereocenters. The molecule has 0 saturated carbocycles. The number of benzene rings is 1. The minimum Gasteiger partial charge on any atom is -0.300 e. The van der Waals surface area contributed by atoms with E-state index in [-0.39, 0.29) is 0 Å². The van der Waals surface area contributed by atoms with Gasteiger partial charge < -0.3 is 0 Å². The summed E-state index contributed by atoms with van der Waals surface area (Å²) >= 11 is 0. The van der Waals surface area contributed by atoms with Crippen molar-refractivity contribution in [2.45, 2.75) is 13.3 Å². The molecule has 0 bridgehead atoms. The van der Waals surface area contributed by atoms with Crippen molar-refractivity contribution in [2.24, 2.45) is 5.92 Å². The predicted molar refractivity (Wildman–Crippen MR) is 64.3 cm³/mol. The molecule has 1 atom stereocenters. The molecule has 76 valence electrons. The normalized spacial score (nSPS) is 19.8. The van der Waals surface area contributed by atoms with Crippen molar-refractivity contribution in [1.82, 2.24) is 0 Å². The number of rotatable bonds is 2. The average Bonchev–Trinajstić information content (AvgIpc) is 2.29. The van der Waals surface area contributed by atoms with Gasteiger partial charge in [0.2, 0.25) is 0 Å². The lowest BCUT2D eigenvalue weighted by Crippen LogP contribution is -2.06. The van der Waals surface area contributed by atoms with E-state index < -0.39 is 0 Å². The van der Waals surface area contributed by atoms with Gasteiger partial charge in [-0.2, -0.15) is 0 Å². The first-order valence-corrected chi connectivity index (χ1v) is 5.30. The monoisotopic (exact) mass is 197 g/mol. The Kier molecular flexibility index (Phi) is 2.82. The Morgan fingerprint density at radius 3 is 2.67 bits per heavy atom. The summed E-state index contributed by atoms with van der Waals surface area (Å²) in [7, 11) is 0. The standard InChI is InChI=1S/C14H15N/c1-11-6-5-9-13(10-11)14(15)12-7-3-2-4-8-12/h2-5,7-11,15H,6H2,1H3. The zero-order valence-electron chi connectivity index (χ0n) is 8.90. The molecule has 0 spiro atoms. The van der Waals surface area contributed by atoms with Crippen LogP contribution in [0.5, 0.6) is 0 Å². The molecule has 0 fully saturated rings. The van der Waals surface area contributed by atoms with Crippen LogP contribution in [0.1, 0.15) is 18.9 Å². The van der Waals surface area contributed by atoms with E-state index in [1.165, 1.54) is 0 Å². The molecule has 0 heterocycles. The van der Waals surface area contributed by atoms with Gasteiger partial charge in [0.05, 0.1) is 5.71 Å². The fourth-order valence-electron chi connectivity index (χ4n) is 1.78. The van der Waals surface area contributed by atoms with Crippen LogP contribution >= 0.6 is 0 Å². The van der Waals surface area contributed by atoms with Gasteiger partial charge in [-0.05, 0) is 23.5 Å². The van der Waals surface area contributed by atoms with Crippen molar-refractivity contribution >= 4 is 5.71 Å². The molecule has 1 nitrogen and oxygen atoms in total. The Labute approximate surface area is 90.7 Å². The third-order valence-corrected chi connectivity index (χ3v) is 2.62. The molecule has 1 aromatic rings. The van der Waals surface area contributed by atoms with E-state index in [9.17, 15) is 0 Å². The van der Waals surface area contributed by atoms with Crippen LogP contribution in [0.25, 0.3) is 0 Å². The zero-order valence-corrected chi connectivity index (χ0v) is 8.90. The zero-order chi connectivity index (χ0) is 10.7. The highest BCUT2D eigenvalue weighted by Crippen LogP contribution is 2.19. The maximum absolute atomic E-state index is 8.09. The summed E-state index contributed by atoms with van der Waals surface area (Å²) in [4.78, 5) is 0.